The zero-order chi connectivity index (χ0) is 30.2. The highest BCUT2D eigenvalue weighted by molar-refractivity contribution is 6.14. The third-order valence-electron chi connectivity index (χ3n) is 9.01. The van der Waals surface area contributed by atoms with Crippen molar-refractivity contribution >= 4 is 65.5 Å². The Balaban J connectivity index is 1.27. The van der Waals surface area contributed by atoms with E-state index in [2.05, 4.69) is 142 Å². The van der Waals surface area contributed by atoms with E-state index in [0.29, 0.717) is 22.8 Å². The number of aromatic nitrogens is 6. The molecule has 0 atom stereocenters. The maximum atomic E-state index is 5.29. The minimum atomic E-state index is 0.557. The zero-order valence-corrected chi connectivity index (χ0v) is 24.5. The largest absolute Gasteiger partial charge is 0.309 e. The van der Waals surface area contributed by atoms with Gasteiger partial charge in [0.05, 0.1) is 22.1 Å². The highest BCUT2D eigenvalue weighted by Gasteiger charge is 2.20. The van der Waals surface area contributed by atoms with E-state index >= 15 is 0 Å². The van der Waals surface area contributed by atoms with Crippen molar-refractivity contribution in [2.24, 2.45) is 0 Å². The van der Waals surface area contributed by atoms with E-state index in [1.54, 1.807) is 12.4 Å². The van der Waals surface area contributed by atoms with E-state index in [-0.39, 0.29) is 0 Å². The van der Waals surface area contributed by atoms with Crippen LogP contribution in [0.1, 0.15) is 0 Å². The van der Waals surface area contributed by atoms with Gasteiger partial charge in [-0.25, -0.2) is 19.9 Å². The molecule has 46 heavy (non-hydrogen) atoms. The Morgan fingerprint density at radius 1 is 0.435 bits per heavy atom. The van der Waals surface area contributed by atoms with Gasteiger partial charge in [0.1, 0.15) is 0 Å². The van der Waals surface area contributed by atoms with Crippen molar-refractivity contribution in [3.63, 3.8) is 0 Å². The molecule has 10 aromatic rings. The van der Waals surface area contributed by atoms with Crippen molar-refractivity contribution in [3.8, 4) is 22.9 Å². The van der Waals surface area contributed by atoms with Crippen LogP contribution in [0.15, 0.2) is 146 Å². The molecule has 214 valence electrons. The van der Waals surface area contributed by atoms with Gasteiger partial charge in [-0.05, 0) is 65.4 Å². The van der Waals surface area contributed by atoms with Crippen molar-refractivity contribution in [3.05, 3.63) is 146 Å². The lowest BCUT2D eigenvalue weighted by Gasteiger charge is -2.12. The molecule has 6 aromatic carbocycles. The molecule has 0 N–H and O–H groups in total. The van der Waals surface area contributed by atoms with Crippen LogP contribution in [0, 0.1) is 0 Å². The molecule has 10 rings (SSSR count). The monoisotopic (exact) mass is 588 g/mol. The Hall–Kier alpha value is -6.40. The van der Waals surface area contributed by atoms with E-state index in [1.165, 1.54) is 21.5 Å². The molecule has 4 heterocycles. The molecule has 6 heteroatoms. The van der Waals surface area contributed by atoms with Gasteiger partial charge in [-0.15, -0.1) is 0 Å². The molecule has 0 spiro atoms. The predicted octanol–water partition coefficient (Wildman–Crippen LogP) is 9.43. The number of benzene rings is 6. The molecular weight excluding hydrogens is 564 g/mol. The Kier molecular flexibility index (Phi) is 5.19. The fourth-order valence-electron chi connectivity index (χ4n) is 6.98. The van der Waals surface area contributed by atoms with Gasteiger partial charge in [-0.1, -0.05) is 78.9 Å². The lowest BCUT2D eigenvalue weighted by atomic mass is 10.1. The van der Waals surface area contributed by atoms with Gasteiger partial charge in [-0.2, -0.15) is 0 Å². The minimum Gasteiger partial charge on any atom is -0.309 e. The first-order chi connectivity index (χ1) is 22.8. The number of fused-ring (bicyclic) bond motifs is 8. The maximum Gasteiger partial charge on any atom is 0.184 e. The molecule has 0 aliphatic carbocycles. The highest BCUT2D eigenvalue weighted by Crippen LogP contribution is 2.37. The smallest absolute Gasteiger partial charge is 0.184 e. The molecule has 0 saturated carbocycles. The average Bonchev–Trinajstić information content (AvgIpc) is 3.62. The van der Waals surface area contributed by atoms with Crippen LogP contribution in [-0.4, -0.2) is 29.1 Å². The van der Waals surface area contributed by atoms with Crippen LogP contribution in [-0.2, 0) is 0 Å². The van der Waals surface area contributed by atoms with Crippen LogP contribution < -0.4 is 0 Å². The number of hydrogen-bond donors (Lipinski definition) is 0. The quantitative estimate of drug-likeness (QED) is 0.206. The van der Waals surface area contributed by atoms with Crippen LogP contribution in [0.2, 0.25) is 0 Å². The number of para-hydroxylation sites is 3. The van der Waals surface area contributed by atoms with Crippen molar-refractivity contribution in [2.45, 2.75) is 0 Å². The molecule has 0 fully saturated rings. The SMILES string of the molecule is c1ccc(-n2c3ccccc3c3cc(-c4nc(-n5c6ccccc6c6cc7ccccc7cc65)c5nccnc5n4)ccc32)cc1. The topological polar surface area (TPSA) is 61.4 Å². The number of hydrogen-bond acceptors (Lipinski definition) is 4. The van der Waals surface area contributed by atoms with E-state index in [9.17, 15) is 0 Å². The normalized spacial score (nSPS) is 11.9. The van der Waals surface area contributed by atoms with Gasteiger partial charge in [0.25, 0.3) is 0 Å². The summed E-state index contributed by atoms with van der Waals surface area (Å²) in [6.07, 6.45) is 3.40. The Labute approximate surface area is 262 Å². The summed E-state index contributed by atoms with van der Waals surface area (Å²) in [6, 6.07) is 47.0. The van der Waals surface area contributed by atoms with Gasteiger partial charge < -0.3 is 4.57 Å². The van der Waals surface area contributed by atoms with Crippen molar-refractivity contribution in [2.75, 3.05) is 0 Å². The molecule has 6 nitrogen and oxygen atoms in total. The van der Waals surface area contributed by atoms with Crippen LogP contribution in [0.4, 0.5) is 0 Å². The fourth-order valence-corrected chi connectivity index (χ4v) is 6.98. The van der Waals surface area contributed by atoms with Gasteiger partial charge in [-0.3, -0.25) is 4.57 Å². The van der Waals surface area contributed by atoms with Gasteiger partial charge in [0.15, 0.2) is 22.8 Å². The summed E-state index contributed by atoms with van der Waals surface area (Å²) in [5.74, 6) is 1.31. The molecule has 0 saturated heterocycles. The van der Waals surface area contributed by atoms with Crippen molar-refractivity contribution in [1.82, 2.24) is 29.1 Å². The molecule has 0 radical (unpaired) electrons. The molecule has 0 bridgehead atoms. The summed E-state index contributed by atoms with van der Waals surface area (Å²) in [4.78, 5) is 19.7. The first-order valence-electron chi connectivity index (χ1n) is 15.3. The summed E-state index contributed by atoms with van der Waals surface area (Å²) >= 11 is 0. The molecule has 0 aliphatic heterocycles. The van der Waals surface area contributed by atoms with E-state index in [4.69, 9.17) is 15.0 Å². The van der Waals surface area contributed by atoms with Crippen LogP contribution in [0.5, 0.6) is 0 Å². The van der Waals surface area contributed by atoms with E-state index in [1.807, 2.05) is 6.07 Å². The van der Waals surface area contributed by atoms with Gasteiger partial charge in [0, 0.05) is 45.2 Å². The molecule has 0 unspecified atom stereocenters. The Morgan fingerprint density at radius 2 is 1.07 bits per heavy atom. The third-order valence-corrected chi connectivity index (χ3v) is 9.01. The summed E-state index contributed by atoms with van der Waals surface area (Å²) in [5, 5.41) is 7.03. The molecular formula is C40H24N6. The number of nitrogens with zero attached hydrogens (tertiary/aromatic N) is 6. The van der Waals surface area contributed by atoms with Gasteiger partial charge >= 0.3 is 0 Å². The molecule has 0 aliphatic rings. The van der Waals surface area contributed by atoms with Crippen molar-refractivity contribution < 1.29 is 0 Å². The second kappa shape index (κ2) is 9.55. The zero-order valence-electron chi connectivity index (χ0n) is 24.5. The summed E-state index contributed by atoms with van der Waals surface area (Å²) in [5.41, 5.74) is 7.67. The Morgan fingerprint density at radius 3 is 1.87 bits per heavy atom. The van der Waals surface area contributed by atoms with Crippen molar-refractivity contribution in [1.29, 1.82) is 0 Å². The Bertz CT molecular complexity index is 2810. The first kappa shape index (κ1) is 25.0. The third kappa shape index (κ3) is 3.58. The second-order valence-corrected chi connectivity index (χ2v) is 11.6. The van der Waals surface area contributed by atoms with E-state index in [0.717, 1.165) is 44.1 Å². The predicted molar refractivity (Wildman–Crippen MR) is 187 cm³/mol. The summed E-state index contributed by atoms with van der Waals surface area (Å²) in [6.45, 7) is 0. The van der Waals surface area contributed by atoms with Crippen LogP contribution in [0.25, 0.3) is 88.4 Å². The lowest BCUT2D eigenvalue weighted by molar-refractivity contribution is 1.05. The maximum absolute atomic E-state index is 5.29. The number of rotatable bonds is 3. The fraction of sp³-hybridized carbons (Fsp3) is 0. The lowest BCUT2D eigenvalue weighted by Crippen LogP contribution is -2.04. The highest BCUT2D eigenvalue weighted by atomic mass is 15.1. The summed E-state index contributed by atoms with van der Waals surface area (Å²) in [7, 11) is 0. The first-order valence-corrected chi connectivity index (χ1v) is 15.3. The molecule has 0 amide bonds. The van der Waals surface area contributed by atoms with Crippen LogP contribution >= 0.6 is 0 Å². The summed E-state index contributed by atoms with van der Waals surface area (Å²) < 4.78 is 4.54. The second-order valence-electron chi connectivity index (χ2n) is 11.6. The molecule has 4 aromatic heterocycles. The standard InChI is InChI=1S/C40H24N6/c1-2-12-28(13-3-1)45-33-16-8-6-14-29(33)31-23-27(18-19-35(31)45)38-43-39-37(41-20-21-42-39)40(44-38)46-34-17-9-7-15-30(34)32-22-25-10-4-5-11-26(25)24-36(32)46/h1-24H. The minimum absolute atomic E-state index is 0.557. The van der Waals surface area contributed by atoms with E-state index < -0.39 is 0 Å². The van der Waals surface area contributed by atoms with Gasteiger partial charge in [0.2, 0.25) is 0 Å². The van der Waals surface area contributed by atoms with Crippen LogP contribution in [0.3, 0.4) is 0 Å². The average molecular weight is 589 g/mol.